The summed E-state index contributed by atoms with van der Waals surface area (Å²) in [6.07, 6.45) is -15.5. The summed E-state index contributed by atoms with van der Waals surface area (Å²) in [5.41, 5.74) is 4.61. The van der Waals surface area contributed by atoms with Crippen molar-refractivity contribution >= 4 is 11.7 Å². The van der Waals surface area contributed by atoms with Crippen molar-refractivity contribution < 1.29 is 40.6 Å². The van der Waals surface area contributed by atoms with Crippen LogP contribution in [0.4, 0.5) is 32.0 Å². The highest BCUT2D eigenvalue weighted by Gasteiger charge is 2.59. The molecule has 0 heterocycles. The van der Waals surface area contributed by atoms with Gasteiger partial charge in [0.05, 0.1) is 7.11 Å². The van der Waals surface area contributed by atoms with Gasteiger partial charge in [-0.25, -0.2) is 4.79 Å². The number of ether oxygens (including phenoxy) is 2. The highest BCUT2D eigenvalue weighted by atomic mass is 19.4. The maximum atomic E-state index is 12.4. The van der Waals surface area contributed by atoms with Crippen LogP contribution in [0.25, 0.3) is 0 Å². The second kappa shape index (κ2) is 5.70. The number of alkyl halides is 6. The first-order valence-corrected chi connectivity index (χ1v) is 5.24. The zero-order valence-electron chi connectivity index (χ0n) is 10.4. The van der Waals surface area contributed by atoms with Crippen LogP contribution in [0.15, 0.2) is 18.2 Å². The minimum atomic E-state index is -5.70. The number of rotatable bonds is 3. The van der Waals surface area contributed by atoms with Crippen molar-refractivity contribution in [3.8, 4) is 5.75 Å². The van der Waals surface area contributed by atoms with Crippen molar-refractivity contribution in [2.45, 2.75) is 18.5 Å². The van der Waals surface area contributed by atoms with Crippen molar-refractivity contribution in [3.05, 3.63) is 23.8 Å². The maximum absolute atomic E-state index is 12.4. The normalized spacial score (nSPS) is 12.4. The van der Waals surface area contributed by atoms with Crippen LogP contribution in [0.2, 0.25) is 0 Å². The van der Waals surface area contributed by atoms with Gasteiger partial charge in [0, 0.05) is 5.69 Å². The predicted octanol–water partition coefficient (Wildman–Crippen LogP) is 2.93. The summed E-state index contributed by atoms with van der Waals surface area (Å²) in [7, 11) is 0.903. The van der Waals surface area contributed by atoms with E-state index in [4.69, 9.17) is 5.73 Å². The van der Waals surface area contributed by atoms with Crippen LogP contribution < -0.4 is 10.5 Å². The molecule has 118 valence electrons. The van der Waals surface area contributed by atoms with Crippen LogP contribution in [0, 0.1) is 0 Å². The maximum Gasteiger partial charge on any atom is 0.434 e. The van der Waals surface area contributed by atoms with Gasteiger partial charge in [0.15, 0.2) is 0 Å². The summed E-state index contributed by atoms with van der Waals surface area (Å²) in [4.78, 5) is 11.3. The number of carbonyl (C=O) groups excluding carboxylic acids is 1. The summed E-state index contributed by atoms with van der Waals surface area (Å²) >= 11 is 0. The summed E-state index contributed by atoms with van der Waals surface area (Å²) in [6.45, 7) is 0. The van der Waals surface area contributed by atoms with Crippen molar-refractivity contribution in [2.24, 2.45) is 0 Å². The quantitative estimate of drug-likeness (QED) is 0.529. The lowest BCUT2D eigenvalue weighted by Crippen LogP contribution is -2.46. The van der Waals surface area contributed by atoms with Gasteiger partial charge in [-0.1, -0.05) is 0 Å². The molecular formula is C11H9F6NO3. The molecule has 0 atom stereocenters. The first-order valence-electron chi connectivity index (χ1n) is 5.24. The van der Waals surface area contributed by atoms with Gasteiger partial charge in [0.2, 0.25) is 0 Å². The molecule has 0 aliphatic carbocycles. The topological polar surface area (TPSA) is 61.5 Å². The number of halogens is 6. The predicted molar refractivity (Wildman–Crippen MR) is 58.7 cm³/mol. The van der Waals surface area contributed by atoms with Crippen LogP contribution in [-0.2, 0) is 4.74 Å². The number of hydrogen-bond donors (Lipinski definition) is 1. The zero-order valence-corrected chi connectivity index (χ0v) is 10.4. The number of benzene rings is 1. The molecule has 0 radical (unpaired) electrons. The van der Waals surface area contributed by atoms with Crippen LogP contribution in [0.3, 0.4) is 0 Å². The molecule has 2 N–H and O–H groups in total. The lowest BCUT2D eigenvalue weighted by Gasteiger charge is -2.24. The fraction of sp³-hybridized carbons (Fsp3) is 0.364. The molecule has 0 aliphatic rings. The number of hydrogen-bond acceptors (Lipinski definition) is 4. The number of nitrogen functional groups attached to an aromatic ring is 1. The fourth-order valence-electron chi connectivity index (χ4n) is 1.37. The van der Waals surface area contributed by atoms with Gasteiger partial charge in [-0.15, -0.1) is 0 Å². The Hall–Kier alpha value is -2.13. The zero-order chi connectivity index (χ0) is 16.4. The SMILES string of the molecule is COC(=O)c1cc(N)ccc1OC(C(F)(F)F)C(F)(F)F. The van der Waals surface area contributed by atoms with Gasteiger partial charge < -0.3 is 15.2 Å². The van der Waals surface area contributed by atoms with Gasteiger partial charge in [-0.3, -0.25) is 0 Å². The van der Waals surface area contributed by atoms with Crippen molar-refractivity contribution in [1.82, 2.24) is 0 Å². The van der Waals surface area contributed by atoms with Crippen LogP contribution in [0.1, 0.15) is 10.4 Å². The van der Waals surface area contributed by atoms with Crippen molar-refractivity contribution in [2.75, 3.05) is 12.8 Å². The first-order chi connectivity index (χ1) is 9.46. The Morgan fingerprint density at radius 3 is 2.10 bits per heavy atom. The standard InChI is InChI=1S/C11H9F6NO3/c1-20-8(19)6-4-5(18)2-3-7(6)21-9(10(12,13)14)11(15,16)17/h2-4,9H,18H2,1H3. The second-order valence-electron chi connectivity index (χ2n) is 3.83. The van der Waals surface area contributed by atoms with E-state index in [1.807, 2.05) is 0 Å². The molecule has 1 rings (SSSR count). The van der Waals surface area contributed by atoms with E-state index in [9.17, 15) is 31.1 Å². The number of anilines is 1. The lowest BCUT2D eigenvalue weighted by atomic mass is 10.1. The molecule has 21 heavy (non-hydrogen) atoms. The van der Waals surface area contributed by atoms with Gasteiger partial charge in [0.1, 0.15) is 11.3 Å². The molecule has 0 amide bonds. The summed E-state index contributed by atoms with van der Waals surface area (Å²) < 4.78 is 82.7. The number of nitrogens with two attached hydrogens (primary N) is 1. The molecule has 0 bridgehead atoms. The number of methoxy groups -OCH3 is 1. The third kappa shape index (κ3) is 4.17. The van der Waals surface area contributed by atoms with E-state index in [0.717, 1.165) is 25.3 Å². The first kappa shape index (κ1) is 16.9. The molecule has 0 aromatic heterocycles. The average Bonchev–Trinajstić information content (AvgIpc) is 2.33. The summed E-state index contributed by atoms with van der Waals surface area (Å²) in [6, 6.07) is 2.57. The van der Waals surface area contributed by atoms with Gasteiger partial charge in [-0.2, -0.15) is 26.3 Å². The fourth-order valence-corrected chi connectivity index (χ4v) is 1.37. The van der Waals surface area contributed by atoms with E-state index in [0.29, 0.717) is 0 Å². The Labute approximate surface area is 114 Å². The molecule has 4 nitrogen and oxygen atoms in total. The third-order valence-corrected chi connectivity index (χ3v) is 2.25. The van der Waals surface area contributed by atoms with Crippen molar-refractivity contribution in [1.29, 1.82) is 0 Å². The van der Waals surface area contributed by atoms with E-state index in [1.54, 1.807) is 0 Å². The smallest absolute Gasteiger partial charge is 0.434 e. The van der Waals surface area contributed by atoms with E-state index < -0.39 is 35.7 Å². The molecule has 0 saturated heterocycles. The van der Waals surface area contributed by atoms with Gasteiger partial charge >= 0.3 is 18.3 Å². The van der Waals surface area contributed by atoms with Crippen LogP contribution in [0.5, 0.6) is 5.75 Å². The molecule has 0 fully saturated rings. The van der Waals surface area contributed by atoms with Crippen molar-refractivity contribution in [3.63, 3.8) is 0 Å². The molecule has 0 spiro atoms. The minimum absolute atomic E-state index is 0.0571. The summed E-state index contributed by atoms with van der Waals surface area (Å²) in [5.74, 6) is -2.11. The van der Waals surface area contributed by atoms with E-state index in [-0.39, 0.29) is 5.69 Å². The Morgan fingerprint density at radius 1 is 1.14 bits per heavy atom. The van der Waals surface area contributed by atoms with E-state index in [1.165, 1.54) is 0 Å². The molecule has 0 aliphatic heterocycles. The molecule has 10 heteroatoms. The molecule has 0 saturated carbocycles. The minimum Gasteiger partial charge on any atom is -0.470 e. The number of esters is 1. The van der Waals surface area contributed by atoms with E-state index >= 15 is 0 Å². The third-order valence-electron chi connectivity index (χ3n) is 2.25. The van der Waals surface area contributed by atoms with Crippen LogP contribution >= 0.6 is 0 Å². The number of carbonyl (C=O) groups is 1. The highest BCUT2D eigenvalue weighted by Crippen LogP contribution is 2.37. The average molecular weight is 317 g/mol. The van der Waals surface area contributed by atoms with Crippen LogP contribution in [-0.4, -0.2) is 31.5 Å². The van der Waals surface area contributed by atoms with Gasteiger partial charge in [0.25, 0.3) is 6.10 Å². The largest absolute Gasteiger partial charge is 0.470 e. The molecule has 0 unspecified atom stereocenters. The lowest BCUT2D eigenvalue weighted by molar-refractivity contribution is -0.299. The molecular weight excluding hydrogens is 308 g/mol. The molecule has 1 aromatic rings. The van der Waals surface area contributed by atoms with E-state index in [2.05, 4.69) is 9.47 Å². The Kier molecular flexibility index (Phi) is 4.59. The summed E-state index contributed by atoms with van der Waals surface area (Å²) in [5, 5.41) is 0. The molecule has 1 aromatic carbocycles. The van der Waals surface area contributed by atoms with Gasteiger partial charge in [-0.05, 0) is 18.2 Å². The Morgan fingerprint density at radius 2 is 1.67 bits per heavy atom. The Balaban J connectivity index is 3.25. The Bertz CT molecular complexity index is 512. The second-order valence-corrected chi connectivity index (χ2v) is 3.83. The monoisotopic (exact) mass is 317 g/mol. The highest BCUT2D eigenvalue weighted by molar-refractivity contribution is 5.93.